The molecule has 0 aliphatic rings. The van der Waals surface area contributed by atoms with E-state index in [1.807, 2.05) is 18.2 Å². The largest absolute Gasteiger partial charge is 0.507 e. The van der Waals surface area contributed by atoms with Gasteiger partial charge in [0.05, 0.1) is 5.52 Å². The SMILES string of the molecule is O=c1cc(O)c2ccccc2n1-c1ccccn1. The third kappa shape index (κ3) is 1.55. The van der Waals surface area contributed by atoms with Gasteiger partial charge in [-0.15, -0.1) is 0 Å². The fraction of sp³-hybridized carbons (Fsp3) is 0. The van der Waals surface area contributed by atoms with Crippen LogP contribution in [0.25, 0.3) is 16.7 Å². The predicted molar refractivity (Wildman–Crippen MR) is 69.0 cm³/mol. The van der Waals surface area contributed by atoms with E-state index >= 15 is 0 Å². The topological polar surface area (TPSA) is 55.1 Å². The molecule has 0 spiro atoms. The van der Waals surface area contributed by atoms with E-state index in [-0.39, 0.29) is 11.3 Å². The fourth-order valence-corrected chi connectivity index (χ4v) is 1.99. The smallest absolute Gasteiger partial charge is 0.260 e. The molecule has 2 aromatic heterocycles. The summed E-state index contributed by atoms with van der Waals surface area (Å²) in [6.07, 6.45) is 1.63. The summed E-state index contributed by atoms with van der Waals surface area (Å²) < 4.78 is 1.48. The molecule has 18 heavy (non-hydrogen) atoms. The number of rotatable bonds is 1. The lowest BCUT2D eigenvalue weighted by Crippen LogP contribution is -2.18. The quantitative estimate of drug-likeness (QED) is 0.706. The Morgan fingerprint density at radius 3 is 2.61 bits per heavy atom. The van der Waals surface area contributed by atoms with E-state index in [0.717, 1.165) is 0 Å². The highest BCUT2D eigenvalue weighted by Gasteiger charge is 2.09. The zero-order chi connectivity index (χ0) is 12.5. The number of para-hydroxylation sites is 1. The van der Waals surface area contributed by atoms with Gasteiger partial charge in [-0.2, -0.15) is 0 Å². The van der Waals surface area contributed by atoms with E-state index in [0.29, 0.717) is 16.7 Å². The summed E-state index contributed by atoms with van der Waals surface area (Å²) >= 11 is 0. The van der Waals surface area contributed by atoms with Gasteiger partial charge in [0.15, 0.2) is 0 Å². The Morgan fingerprint density at radius 1 is 1.06 bits per heavy atom. The summed E-state index contributed by atoms with van der Waals surface area (Å²) in [5.74, 6) is 0.529. The first-order chi connectivity index (χ1) is 8.77. The third-order valence-electron chi connectivity index (χ3n) is 2.78. The van der Waals surface area contributed by atoms with Crippen LogP contribution in [0.3, 0.4) is 0 Å². The molecule has 3 aromatic rings. The van der Waals surface area contributed by atoms with Gasteiger partial charge in [-0.05, 0) is 24.3 Å². The highest BCUT2D eigenvalue weighted by molar-refractivity contribution is 5.86. The van der Waals surface area contributed by atoms with E-state index in [2.05, 4.69) is 4.98 Å². The molecule has 3 rings (SSSR count). The molecule has 0 radical (unpaired) electrons. The first-order valence-electron chi connectivity index (χ1n) is 5.52. The van der Waals surface area contributed by atoms with Gasteiger partial charge in [0.25, 0.3) is 5.56 Å². The first-order valence-corrected chi connectivity index (χ1v) is 5.52. The maximum atomic E-state index is 12.0. The molecule has 0 fully saturated rings. The van der Waals surface area contributed by atoms with Gasteiger partial charge in [0.2, 0.25) is 0 Å². The molecule has 4 nitrogen and oxygen atoms in total. The zero-order valence-electron chi connectivity index (χ0n) is 9.45. The lowest BCUT2D eigenvalue weighted by molar-refractivity contribution is 0.480. The van der Waals surface area contributed by atoms with E-state index in [1.54, 1.807) is 30.5 Å². The second kappa shape index (κ2) is 4.00. The molecule has 0 aliphatic heterocycles. The molecular formula is C14H10N2O2. The summed E-state index contributed by atoms with van der Waals surface area (Å²) in [5, 5.41) is 10.4. The van der Waals surface area contributed by atoms with Crippen LogP contribution >= 0.6 is 0 Å². The van der Waals surface area contributed by atoms with Crippen LogP contribution in [0.1, 0.15) is 0 Å². The molecule has 2 heterocycles. The van der Waals surface area contributed by atoms with Crippen molar-refractivity contribution in [2.75, 3.05) is 0 Å². The molecule has 0 saturated carbocycles. The Balaban J connectivity index is 2.46. The van der Waals surface area contributed by atoms with Gasteiger partial charge in [0.1, 0.15) is 11.6 Å². The van der Waals surface area contributed by atoms with Crippen LogP contribution < -0.4 is 5.56 Å². The minimum atomic E-state index is -0.301. The maximum Gasteiger partial charge on any atom is 0.260 e. The Kier molecular flexibility index (Phi) is 2.34. The highest BCUT2D eigenvalue weighted by Crippen LogP contribution is 2.23. The van der Waals surface area contributed by atoms with Crippen LogP contribution in [-0.2, 0) is 0 Å². The first kappa shape index (κ1) is 10.5. The normalized spacial score (nSPS) is 10.7. The molecule has 1 N–H and O–H groups in total. The summed E-state index contributed by atoms with van der Waals surface area (Å²) in [4.78, 5) is 16.2. The summed E-state index contributed by atoms with van der Waals surface area (Å²) in [7, 11) is 0. The van der Waals surface area contributed by atoms with Crippen molar-refractivity contribution in [2.45, 2.75) is 0 Å². The fourth-order valence-electron chi connectivity index (χ4n) is 1.99. The van der Waals surface area contributed by atoms with E-state index in [4.69, 9.17) is 0 Å². The number of fused-ring (bicyclic) bond motifs is 1. The number of pyridine rings is 2. The van der Waals surface area contributed by atoms with E-state index in [1.165, 1.54) is 10.6 Å². The van der Waals surface area contributed by atoms with E-state index < -0.39 is 0 Å². The molecule has 1 aromatic carbocycles. The molecule has 4 heteroatoms. The lowest BCUT2D eigenvalue weighted by Gasteiger charge is -2.09. The lowest BCUT2D eigenvalue weighted by atomic mass is 10.2. The molecule has 0 unspecified atom stereocenters. The number of aromatic hydroxyl groups is 1. The summed E-state index contributed by atoms with van der Waals surface area (Å²) in [5.41, 5.74) is 0.339. The summed E-state index contributed by atoms with van der Waals surface area (Å²) in [6, 6.07) is 13.8. The Labute approximate surface area is 103 Å². The molecule has 0 atom stereocenters. The van der Waals surface area contributed by atoms with Crippen molar-refractivity contribution in [3.8, 4) is 11.6 Å². The zero-order valence-corrected chi connectivity index (χ0v) is 9.45. The predicted octanol–water partition coefficient (Wildman–Crippen LogP) is 2.09. The minimum Gasteiger partial charge on any atom is -0.507 e. The minimum absolute atomic E-state index is 0.0113. The van der Waals surface area contributed by atoms with Crippen LogP contribution in [0.15, 0.2) is 59.5 Å². The third-order valence-corrected chi connectivity index (χ3v) is 2.78. The van der Waals surface area contributed by atoms with Crippen LogP contribution in [0.4, 0.5) is 0 Å². The molecule has 0 bridgehead atoms. The highest BCUT2D eigenvalue weighted by atomic mass is 16.3. The van der Waals surface area contributed by atoms with Gasteiger partial charge in [-0.25, -0.2) is 4.98 Å². The standard InChI is InChI=1S/C14H10N2O2/c17-12-9-14(18)16(13-7-3-4-8-15-13)11-6-2-1-5-10(11)12/h1-9,17H. The van der Waals surface area contributed by atoms with Crippen molar-refractivity contribution in [2.24, 2.45) is 0 Å². The molecule has 0 aliphatic carbocycles. The van der Waals surface area contributed by atoms with E-state index in [9.17, 15) is 9.90 Å². The van der Waals surface area contributed by atoms with Crippen LogP contribution in [0.2, 0.25) is 0 Å². The average Bonchev–Trinajstić information content (AvgIpc) is 2.40. The van der Waals surface area contributed by atoms with Gasteiger partial charge in [0, 0.05) is 17.6 Å². The van der Waals surface area contributed by atoms with Crippen molar-refractivity contribution in [3.05, 3.63) is 65.1 Å². The van der Waals surface area contributed by atoms with Crippen molar-refractivity contribution < 1.29 is 5.11 Å². The Bertz CT molecular complexity index is 764. The van der Waals surface area contributed by atoms with Crippen LogP contribution in [-0.4, -0.2) is 14.7 Å². The van der Waals surface area contributed by atoms with Crippen LogP contribution in [0, 0.1) is 0 Å². The Morgan fingerprint density at radius 2 is 1.83 bits per heavy atom. The monoisotopic (exact) mass is 238 g/mol. The van der Waals surface area contributed by atoms with Crippen molar-refractivity contribution in [1.29, 1.82) is 0 Å². The van der Waals surface area contributed by atoms with Gasteiger partial charge >= 0.3 is 0 Å². The molecule has 88 valence electrons. The number of nitrogens with zero attached hydrogens (tertiary/aromatic N) is 2. The second-order valence-corrected chi connectivity index (χ2v) is 3.91. The van der Waals surface area contributed by atoms with Crippen molar-refractivity contribution in [1.82, 2.24) is 9.55 Å². The summed E-state index contributed by atoms with van der Waals surface area (Å²) in [6.45, 7) is 0. The number of aromatic nitrogens is 2. The molecule has 0 saturated heterocycles. The molecular weight excluding hydrogens is 228 g/mol. The number of benzene rings is 1. The van der Waals surface area contributed by atoms with Gasteiger partial charge < -0.3 is 5.11 Å². The van der Waals surface area contributed by atoms with Crippen molar-refractivity contribution >= 4 is 10.9 Å². The van der Waals surface area contributed by atoms with Gasteiger partial charge in [-0.3, -0.25) is 9.36 Å². The molecule has 0 amide bonds. The maximum absolute atomic E-state index is 12.0. The number of hydrogen-bond acceptors (Lipinski definition) is 3. The second-order valence-electron chi connectivity index (χ2n) is 3.91. The van der Waals surface area contributed by atoms with Crippen LogP contribution in [0.5, 0.6) is 5.75 Å². The number of hydrogen-bond donors (Lipinski definition) is 1. The van der Waals surface area contributed by atoms with Gasteiger partial charge in [-0.1, -0.05) is 18.2 Å². The Hall–Kier alpha value is -2.62. The average molecular weight is 238 g/mol. The van der Waals surface area contributed by atoms with Crippen molar-refractivity contribution in [3.63, 3.8) is 0 Å².